The molecule has 1 atom stereocenters. The highest BCUT2D eigenvalue weighted by atomic mass is 16.6. The van der Waals surface area contributed by atoms with Gasteiger partial charge in [0.25, 0.3) is 0 Å². The molecule has 2 heteroatoms. The highest BCUT2D eigenvalue weighted by Crippen LogP contribution is 2.47. The van der Waals surface area contributed by atoms with E-state index in [9.17, 15) is 0 Å². The van der Waals surface area contributed by atoms with E-state index in [2.05, 4.69) is 96.2 Å². The standard InChI is InChI=1S/C25H23NO/c1-2-27-26-23-18-22(19-12-6-3-7-13-19)24(20-14-8-4-9-15-20)25(23)21-16-10-5-11-17-21/h3-17,22H,2,18H2,1H3/b26-23+. The van der Waals surface area contributed by atoms with Crippen LogP contribution in [0.1, 0.15) is 36.0 Å². The van der Waals surface area contributed by atoms with Crippen LogP contribution < -0.4 is 0 Å². The maximum atomic E-state index is 5.49. The minimum atomic E-state index is 0.267. The Morgan fingerprint density at radius 1 is 0.778 bits per heavy atom. The molecule has 3 aromatic rings. The number of hydrogen-bond donors (Lipinski definition) is 0. The molecule has 0 spiro atoms. The maximum Gasteiger partial charge on any atom is 0.114 e. The van der Waals surface area contributed by atoms with Crippen LogP contribution >= 0.6 is 0 Å². The maximum absolute atomic E-state index is 5.49. The summed E-state index contributed by atoms with van der Waals surface area (Å²) < 4.78 is 0. The zero-order valence-electron chi connectivity index (χ0n) is 15.5. The molecule has 0 heterocycles. The molecule has 0 saturated heterocycles. The smallest absolute Gasteiger partial charge is 0.114 e. The Balaban J connectivity index is 1.95. The predicted molar refractivity (Wildman–Crippen MR) is 113 cm³/mol. The summed E-state index contributed by atoms with van der Waals surface area (Å²) in [7, 11) is 0. The fourth-order valence-corrected chi connectivity index (χ4v) is 3.81. The molecule has 0 fully saturated rings. The van der Waals surface area contributed by atoms with Gasteiger partial charge in [0.15, 0.2) is 0 Å². The summed E-state index contributed by atoms with van der Waals surface area (Å²) >= 11 is 0. The molecule has 1 aliphatic rings. The fraction of sp³-hybridized carbons (Fsp3) is 0.160. The van der Waals surface area contributed by atoms with Gasteiger partial charge in [-0.05, 0) is 29.2 Å². The summed E-state index contributed by atoms with van der Waals surface area (Å²) in [6.07, 6.45) is 0.846. The summed E-state index contributed by atoms with van der Waals surface area (Å²) in [5.41, 5.74) is 7.29. The lowest BCUT2D eigenvalue weighted by molar-refractivity contribution is 0.158. The van der Waals surface area contributed by atoms with E-state index < -0.39 is 0 Å². The van der Waals surface area contributed by atoms with Crippen molar-refractivity contribution in [2.75, 3.05) is 6.61 Å². The van der Waals surface area contributed by atoms with Crippen LogP contribution in [-0.2, 0) is 4.84 Å². The zero-order chi connectivity index (χ0) is 18.5. The van der Waals surface area contributed by atoms with E-state index in [0.29, 0.717) is 6.61 Å². The van der Waals surface area contributed by atoms with E-state index in [1.165, 1.54) is 27.8 Å². The van der Waals surface area contributed by atoms with Crippen LogP contribution in [-0.4, -0.2) is 12.3 Å². The summed E-state index contributed by atoms with van der Waals surface area (Å²) in [5.74, 6) is 0.267. The molecule has 0 saturated carbocycles. The third kappa shape index (κ3) is 3.56. The lowest BCUT2D eigenvalue weighted by Gasteiger charge is -2.16. The highest BCUT2D eigenvalue weighted by Gasteiger charge is 2.33. The van der Waals surface area contributed by atoms with Crippen LogP contribution in [0.5, 0.6) is 0 Å². The SMILES string of the molecule is CCO/N=C1\CC(c2ccccc2)C(c2ccccc2)=C1c1ccccc1. The second-order valence-electron chi connectivity index (χ2n) is 6.64. The summed E-state index contributed by atoms with van der Waals surface area (Å²) in [4.78, 5) is 5.49. The van der Waals surface area contributed by atoms with Crippen LogP contribution in [0.25, 0.3) is 11.1 Å². The van der Waals surface area contributed by atoms with Crippen molar-refractivity contribution in [1.82, 2.24) is 0 Å². The van der Waals surface area contributed by atoms with Crippen LogP contribution in [0, 0.1) is 0 Å². The van der Waals surface area contributed by atoms with E-state index in [4.69, 9.17) is 4.84 Å². The van der Waals surface area contributed by atoms with Crippen molar-refractivity contribution < 1.29 is 4.84 Å². The molecule has 0 N–H and O–H groups in total. The molecule has 4 rings (SSSR count). The average molecular weight is 353 g/mol. The molecule has 0 aliphatic heterocycles. The van der Waals surface area contributed by atoms with Crippen LogP contribution in [0.2, 0.25) is 0 Å². The van der Waals surface area contributed by atoms with E-state index in [1.807, 2.05) is 6.92 Å². The second-order valence-corrected chi connectivity index (χ2v) is 6.64. The van der Waals surface area contributed by atoms with Crippen LogP contribution in [0.15, 0.2) is 96.2 Å². The first-order chi connectivity index (χ1) is 13.4. The van der Waals surface area contributed by atoms with Gasteiger partial charge in [0.2, 0.25) is 0 Å². The second kappa shape index (κ2) is 8.05. The van der Waals surface area contributed by atoms with Crippen LogP contribution in [0.3, 0.4) is 0 Å². The van der Waals surface area contributed by atoms with Gasteiger partial charge in [0.1, 0.15) is 6.61 Å². The minimum absolute atomic E-state index is 0.267. The topological polar surface area (TPSA) is 21.6 Å². The van der Waals surface area contributed by atoms with Gasteiger partial charge in [-0.25, -0.2) is 0 Å². The molecular formula is C25H23NO. The molecule has 134 valence electrons. The Morgan fingerprint density at radius 3 is 1.93 bits per heavy atom. The van der Waals surface area contributed by atoms with Crippen molar-refractivity contribution in [1.29, 1.82) is 0 Å². The Kier molecular flexibility index (Phi) is 5.15. The average Bonchev–Trinajstić information content (AvgIpc) is 3.13. The van der Waals surface area contributed by atoms with E-state index in [-0.39, 0.29) is 5.92 Å². The quantitative estimate of drug-likeness (QED) is 0.502. The van der Waals surface area contributed by atoms with E-state index in [0.717, 1.165) is 12.1 Å². The van der Waals surface area contributed by atoms with Gasteiger partial charge in [0.05, 0.1) is 5.71 Å². The first kappa shape index (κ1) is 17.3. The Hall–Kier alpha value is -3.13. The third-order valence-electron chi connectivity index (χ3n) is 4.96. The van der Waals surface area contributed by atoms with E-state index in [1.54, 1.807) is 0 Å². The molecule has 2 nitrogen and oxygen atoms in total. The molecular weight excluding hydrogens is 330 g/mol. The molecule has 27 heavy (non-hydrogen) atoms. The Labute approximate surface area is 160 Å². The Bertz CT molecular complexity index is 943. The van der Waals surface area contributed by atoms with Crippen molar-refractivity contribution >= 4 is 16.9 Å². The molecule has 1 aliphatic carbocycles. The molecule has 0 amide bonds. The first-order valence-electron chi connectivity index (χ1n) is 9.47. The summed E-state index contributed by atoms with van der Waals surface area (Å²) in [5, 5.41) is 4.51. The van der Waals surface area contributed by atoms with Gasteiger partial charge in [-0.1, -0.05) is 96.2 Å². The van der Waals surface area contributed by atoms with Crippen molar-refractivity contribution in [3.8, 4) is 0 Å². The summed E-state index contributed by atoms with van der Waals surface area (Å²) in [6, 6.07) is 31.9. The highest BCUT2D eigenvalue weighted by molar-refractivity contribution is 6.34. The van der Waals surface area contributed by atoms with Crippen molar-refractivity contribution in [2.45, 2.75) is 19.3 Å². The molecule has 0 bridgehead atoms. The normalized spacial score (nSPS) is 18.1. The lowest BCUT2D eigenvalue weighted by Crippen LogP contribution is -2.00. The molecule has 0 aromatic heterocycles. The molecule has 1 unspecified atom stereocenters. The molecule has 3 aromatic carbocycles. The van der Waals surface area contributed by atoms with Gasteiger partial charge in [-0.2, -0.15) is 0 Å². The summed E-state index contributed by atoms with van der Waals surface area (Å²) in [6.45, 7) is 2.54. The predicted octanol–water partition coefficient (Wildman–Crippen LogP) is 6.18. The number of benzene rings is 3. The number of hydrogen-bond acceptors (Lipinski definition) is 2. The van der Waals surface area contributed by atoms with Crippen molar-refractivity contribution in [3.63, 3.8) is 0 Å². The lowest BCUT2D eigenvalue weighted by atomic mass is 9.87. The first-order valence-corrected chi connectivity index (χ1v) is 9.47. The molecule has 0 radical (unpaired) electrons. The number of allylic oxidation sites excluding steroid dienone is 2. The van der Waals surface area contributed by atoms with Gasteiger partial charge in [0, 0.05) is 17.9 Å². The van der Waals surface area contributed by atoms with E-state index >= 15 is 0 Å². The monoisotopic (exact) mass is 353 g/mol. The van der Waals surface area contributed by atoms with Gasteiger partial charge in [-0.3, -0.25) is 0 Å². The van der Waals surface area contributed by atoms with Gasteiger partial charge in [-0.15, -0.1) is 0 Å². The van der Waals surface area contributed by atoms with Crippen LogP contribution in [0.4, 0.5) is 0 Å². The van der Waals surface area contributed by atoms with Crippen molar-refractivity contribution in [2.24, 2.45) is 5.16 Å². The number of oxime groups is 1. The van der Waals surface area contributed by atoms with Gasteiger partial charge < -0.3 is 4.84 Å². The fourth-order valence-electron chi connectivity index (χ4n) is 3.81. The zero-order valence-corrected chi connectivity index (χ0v) is 15.5. The number of rotatable bonds is 5. The third-order valence-corrected chi connectivity index (χ3v) is 4.96. The minimum Gasteiger partial charge on any atom is -0.396 e. The van der Waals surface area contributed by atoms with Crippen molar-refractivity contribution in [3.05, 3.63) is 108 Å². The number of nitrogens with zero attached hydrogens (tertiary/aromatic N) is 1. The van der Waals surface area contributed by atoms with Gasteiger partial charge >= 0.3 is 0 Å². The largest absolute Gasteiger partial charge is 0.396 e. The Morgan fingerprint density at radius 2 is 1.33 bits per heavy atom.